The molecule has 0 saturated carbocycles. The number of likely N-dealkylation sites (tertiary alicyclic amines) is 1. The van der Waals surface area contributed by atoms with Gasteiger partial charge in [0.1, 0.15) is 5.39 Å². The van der Waals surface area contributed by atoms with Gasteiger partial charge in [-0.1, -0.05) is 29.5 Å². The third-order valence-corrected chi connectivity index (χ3v) is 8.09. The van der Waals surface area contributed by atoms with E-state index in [-0.39, 0.29) is 23.6 Å². The Bertz CT molecular complexity index is 1270. The second-order valence-corrected chi connectivity index (χ2v) is 10.3. The van der Waals surface area contributed by atoms with Crippen LogP contribution in [0.4, 0.5) is 0 Å². The Hall–Kier alpha value is -2.65. The van der Waals surface area contributed by atoms with Crippen LogP contribution >= 0.6 is 11.8 Å². The molecule has 4 heterocycles. The van der Waals surface area contributed by atoms with Crippen molar-refractivity contribution < 1.29 is 4.79 Å². The molecule has 3 aromatic rings. The summed E-state index contributed by atoms with van der Waals surface area (Å²) < 4.78 is 3.46. The van der Waals surface area contributed by atoms with Gasteiger partial charge < -0.3 is 9.80 Å². The summed E-state index contributed by atoms with van der Waals surface area (Å²) in [5.41, 5.74) is 3.63. The lowest BCUT2D eigenvalue weighted by atomic mass is 10.0. The number of benzene rings is 1. The number of carbonyl (C=O) groups excluding carboxylic acids is 1. The molecular weight excluding hydrogens is 436 g/mol. The maximum Gasteiger partial charge on any atom is 0.265 e. The Labute approximate surface area is 197 Å². The first-order valence-corrected chi connectivity index (χ1v) is 12.5. The molecule has 174 valence electrons. The summed E-state index contributed by atoms with van der Waals surface area (Å²) in [7, 11) is 4.02. The van der Waals surface area contributed by atoms with Crippen molar-refractivity contribution in [1.29, 1.82) is 0 Å². The molecule has 1 atom stereocenters. The summed E-state index contributed by atoms with van der Waals surface area (Å²) in [5, 5.41) is 5.65. The van der Waals surface area contributed by atoms with E-state index >= 15 is 0 Å². The zero-order chi connectivity index (χ0) is 23.3. The van der Waals surface area contributed by atoms with Gasteiger partial charge in [-0.25, -0.2) is 9.67 Å². The summed E-state index contributed by atoms with van der Waals surface area (Å²) in [6, 6.07) is 6.24. The molecule has 1 saturated heterocycles. The largest absolute Gasteiger partial charge is 0.343 e. The molecule has 1 amide bonds. The number of thioether (sulfide) groups is 1. The lowest BCUT2D eigenvalue weighted by Crippen LogP contribution is -2.45. The molecule has 1 aromatic carbocycles. The number of aromatic nitrogens is 4. The standard InChI is InChI=1S/C24H30N6O2S/c1-15-5-6-20(16(2)11-15)30-22-19(13-25-30)23(32)29-18(14-33-24(29)26-22)12-21(31)28(4)17-7-9-27(3)10-8-17/h5-6,11,13,17-18H,7-10,12,14H2,1-4H3. The minimum Gasteiger partial charge on any atom is -0.343 e. The number of nitrogens with zero attached hydrogens (tertiary/aromatic N) is 6. The number of hydrogen-bond donors (Lipinski definition) is 0. The Balaban J connectivity index is 1.42. The van der Waals surface area contributed by atoms with E-state index < -0.39 is 0 Å². The summed E-state index contributed by atoms with van der Waals surface area (Å²) in [5.74, 6) is 0.778. The Morgan fingerprint density at radius 3 is 2.73 bits per heavy atom. The number of hydrogen-bond acceptors (Lipinski definition) is 6. The molecule has 2 aliphatic rings. The first-order valence-electron chi connectivity index (χ1n) is 11.5. The van der Waals surface area contributed by atoms with Crippen LogP contribution in [0.2, 0.25) is 0 Å². The zero-order valence-electron chi connectivity index (χ0n) is 19.6. The van der Waals surface area contributed by atoms with E-state index in [0.717, 1.165) is 37.2 Å². The minimum atomic E-state index is -0.180. The van der Waals surface area contributed by atoms with Crippen LogP contribution in [0.15, 0.2) is 34.3 Å². The van der Waals surface area contributed by atoms with Crippen LogP contribution in [0.1, 0.15) is 36.4 Å². The highest BCUT2D eigenvalue weighted by atomic mass is 32.2. The Morgan fingerprint density at radius 1 is 1.24 bits per heavy atom. The van der Waals surface area contributed by atoms with Gasteiger partial charge in [0, 0.05) is 25.3 Å². The number of fused-ring (bicyclic) bond motifs is 2. The lowest BCUT2D eigenvalue weighted by Gasteiger charge is -2.35. The van der Waals surface area contributed by atoms with Crippen LogP contribution in [-0.4, -0.2) is 74.0 Å². The first-order chi connectivity index (χ1) is 15.8. The average molecular weight is 467 g/mol. The molecule has 1 fully saturated rings. The van der Waals surface area contributed by atoms with E-state index in [2.05, 4.69) is 30.0 Å². The number of rotatable bonds is 4. The molecule has 0 N–H and O–H groups in total. The second kappa shape index (κ2) is 8.61. The van der Waals surface area contributed by atoms with Crippen molar-refractivity contribution in [3.05, 3.63) is 45.9 Å². The molecule has 2 aromatic heterocycles. The fourth-order valence-corrected chi connectivity index (χ4v) is 6.06. The third kappa shape index (κ3) is 3.97. The van der Waals surface area contributed by atoms with Gasteiger partial charge in [0.15, 0.2) is 10.8 Å². The first kappa shape index (κ1) is 22.2. The van der Waals surface area contributed by atoms with Crippen molar-refractivity contribution in [3.8, 4) is 5.69 Å². The number of amides is 1. The van der Waals surface area contributed by atoms with Gasteiger partial charge >= 0.3 is 0 Å². The molecule has 2 aliphatic heterocycles. The van der Waals surface area contributed by atoms with Crippen molar-refractivity contribution in [2.75, 3.05) is 32.9 Å². The normalized spacial score (nSPS) is 19.2. The fraction of sp³-hybridized carbons (Fsp3) is 0.500. The summed E-state index contributed by atoms with van der Waals surface area (Å²) in [6.07, 6.45) is 3.91. The highest BCUT2D eigenvalue weighted by Gasteiger charge is 2.32. The van der Waals surface area contributed by atoms with E-state index in [1.165, 1.54) is 5.56 Å². The summed E-state index contributed by atoms with van der Waals surface area (Å²) in [6.45, 7) is 6.11. The van der Waals surface area contributed by atoms with Gasteiger partial charge in [-0.3, -0.25) is 14.2 Å². The van der Waals surface area contributed by atoms with E-state index in [4.69, 9.17) is 4.98 Å². The smallest absolute Gasteiger partial charge is 0.265 e. The number of aryl methyl sites for hydroxylation is 2. The maximum atomic E-state index is 13.4. The molecule has 0 spiro atoms. The van der Waals surface area contributed by atoms with E-state index in [0.29, 0.717) is 28.4 Å². The van der Waals surface area contributed by atoms with Crippen molar-refractivity contribution in [1.82, 2.24) is 29.1 Å². The Morgan fingerprint density at radius 2 is 2.00 bits per heavy atom. The molecule has 5 rings (SSSR count). The van der Waals surface area contributed by atoms with Crippen molar-refractivity contribution >= 4 is 28.7 Å². The SMILES string of the molecule is Cc1ccc(-n2ncc3c(=O)n4c(nc32)SCC4CC(=O)N(C)C2CCN(C)CC2)c(C)c1. The van der Waals surface area contributed by atoms with Gasteiger partial charge in [-0.05, 0) is 58.5 Å². The lowest BCUT2D eigenvalue weighted by molar-refractivity contribution is -0.133. The molecule has 33 heavy (non-hydrogen) atoms. The number of piperidine rings is 1. The zero-order valence-corrected chi connectivity index (χ0v) is 20.4. The van der Waals surface area contributed by atoms with Crippen molar-refractivity contribution in [2.24, 2.45) is 0 Å². The quantitative estimate of drug-likeness (QED) is 0.551. The monoisotopic (exact) mass is 466 g/mol. The molecule has 0 aliphatic carbocycles. The molecule has 0 radical (unpaired) electrons. The predicted molar refractivity (Wildman–Crippen MR) is 130 cm³/mol. The van der Waals surface area contributed by atoms with Crippen molar-refractivity contribution in [2.45, 2.75) is 50.4 Å². The predicted octanol–water partition coefficient (Wildman–Crippen LogP) is 2.79. The topological polar surface area (TPSA) is 76.3 Å². The van der Waals surface area contributed by atoms with Crippen LogP contribution < -0.4 is 5.56 Å². The van der Waals surface area contributed by atoms with E-state index in [9.17, 15) is 9.59 Å². The molecular formula is C24H30N6O2S. The Kier molecular flexibility index (Phi) is 5.78. The van der Waals surface area contributed by atoms with Gasteiger partial charge in [0.25, 0.3) is 5.56 Å². The van der Waals surface area contributed by atoms with Gasteiger partial charge in [0.05, 0.1) is 17.9 Å². The van der Waals surface area contributed by atoms with Gasteiger partial charge in [-0.15, -0.1) is 0 Å². The van der Waals surface area contributed by atoms with Crippen LogP contribution in [-0.2, 0) is 4.79 Å². The molecule has 1 unspecified atom stereocenters. The highest BCUT2D eigenvalue weighted by molar-refractivity contribution is 7.99. The fourth-order valence-electron chi connectivity index (χ4n) is 4.93. The second-order valence-electron chi connectivity index (χ2n) is 9.36. The maximum absolute atomic E-state index is 13.4. The van der Waals surface area contributed by atoms with Gasteiger partial charge in [0.2, 0.25) is 5.91 Å². The van der Waals surface area contributed by atoms with Crippen molar-refractivity contribution in [3.63, 3.8) is 0 Å². The van der Waals surface area contributed by atoms with E-state index in [1.54, 1.807) is 27.2 Å². The van der Waals surface area contributed by atoms with Crippen LogP contribution in [0.3, 0.4) is 0 Å². The average Bonchev–Trinajstić information content (AvgIpc) is 3.39. The third-order valence-electron chi connectivity index (χ3n) is 6.99. The molecule has 0 bridgehead atoms. The summed E-state index contributed by atoms with van der Waals surface area (Å²) >= 11 is 1.54. The molecule has 9 heteroatoms. The summed E-state index contributed by atoms with van der Waals surface area (Å²) in [4.78, 5) is 35.5. The van der Waals surface area contributed by atoms with Gasteiger partial charge in [-0.2, -0.15) is 5.10 Å². The highest BCUT2D eigenvalue weighted by Crippen LogP contribution is 2.34. The van der Waals surface area contributed by atoms with E-state index in [1.807, 2.05) is 31.0 Å². The molecule has 8 nitrogen and oxygen atoms in total. The number of carbonyl (C=O) groups is 1. The van der Waals surface area contributed by atoms with Crippen LogP contribution in [0, 0.1) is 13.8 Å². The minimum absolute atomic E-state index is 0.0981. The van der Waals surface area contributed by atoms with Crippen LogP contribution in [0.25, 0.3) is 16.7 Å². The van der Waals surface area contributed by atoms with Crippen LogP contribution in [0.5, 0.6) is 0 Å².